The quantitative estimate of drug-likeness (QED) is 0.869. The van der Waals surface area contributed by atoms with E-state index in [1.165, 1.54) is 35.0 Å². The Balaban J connectivity index is 2.33. The summed E-state index contributed by atoms with van der Waals surface area (Å²) in [5.41, 5.74) is 7.14. The van der Waals surface area contributed by atoms with Crippen molar-refractivity contribution >= 4 is 27.3 Å². The maximum Gasteiger partial charge on any atom is 0.0349 e. The van der Waals surface area contributed by atoms with Crippen LogP contribution in [0, 0.1) is 0 Å². The predicted octanol–water partition coefficient (Wildman–Crippen LogP) is 2.89. The number of rotatable bonds is 2. The molecule has 1 heterocycles. The highest BCUT2D eigenvalue weighted by Crippen LogP contribution is 2.37. The van der Waals surface area contributed by atoms with Crippen molar-refractivity contribution in [3.8, 4) is 0 Å². The van der Waals surface area contributed by atoms with Crippen molar-refractivity contribution in [1.82, 2.24) is 0 Å². The van der Waals surface area contributed by atoms with Gasteiger partial charge in [0.2, 0.25) is 0 Å². The van der Waals surface area contributed by atoms with Gasteiger partial charge in [-0.25, -0.2) is 0 Å². The molecule has 0 saturated heterocycles. The Morgan fingerprint density at radius 2 is 2.08 bits per heavy atom. The Morgan fingerprint density at radius 3 is 2.77 bits per heavy atom. The largest absolute Gasteiger partial charge is 0.330 e. The topological polar surface area (TPSA) is 26.0 Å². The van der Waals surface area contributed by atoms with Crippen LogP contribution in [0.5, 0.6) is 0 Å². The molecule has 0 unspecified atom stereocenters. The van der Waals surface area contributed by atoms with E-state index < -0.39 is 0 Å². The number of thiophene rings is 1. The van der Waals surface area contributed by atoms with Crippen LogP contribution in [0.4, 0.5) is 0 Å². The maximum atomic E-state index is 5.57. The van der Waals surface area contributed by atoms with Crippen LogP contribution in [0.2, 0.25) is 0 Å². The Hall–Kier alpha value is 0.140. The second-order valence-electron chi connectivity index (χ2n) is 3.49. The van der Waals surface area contributed by atoms with E-state index in [0.29, 0.717) is 0 Å². The fourth-order valence-electron chi connectivity index (χ4n) is 1.88. The van der Waals surface area contributed by atoms with Crippen LogP contribution < -0.4 is 5.73 Å². The molecule has 0 aromatic carbocycles. The van der Waals surface area contributed by atoms with Crippen molar-refractivity contribution in [2.75, 3.05) is 6.54 Å². The van der Waals surface area contributed by atoms with Gasteiger partial charge in [0, 0.05) is 14.2 Å². The van der Waals surface area contributed by atoms with Crippen molar-refractivity contribution in [3.05, 3.63) is 19.8 Å². The minimum absolute atomic E-state index is 0.762. The van der Waals surface area contributed by atoms with Crippen LogP contribution in [0.15, 0.2) is 4.47 Å². The van der Waals surface area contributed by atoms with Gasteiger partial charge in [-0.05, 0) is 60.1 Å². The van der Waals surface area contributed by atoms with Crippen molar-refractivity contribution in [2.45, 2.75) is 32.1 Å². The summed E-state index contributed by atoms with van der Waals surface area (Å²) in [5.74, 6) is 0. The smallest absolute Gasteiger partial charge is 0.0349 e. The average molecular weight is 260 g/mol. The van der Waals surface area contributed by atoms with Gasteiger partial charge < -0.3 is 5.73 Å². The van der Waals surface area contributed by atoms with Crippen LogP contribution in [-0.2, 0) is 19.3 Å². The minimum atomic E-state index is 0.762. The molecule has 3 heteroatoms. The van der Waals surface area contributed by atoms with E-state index in [9.17, 15) is 0 Å². The molecule has 1 aromatic heterocycles. The monoisotopic (exact) mass is 259 g/mol. The molecule has 0 spiro atoms. The molecule has 1 aliphatic rings. The molecule has 1 aromatic rings. The normalized spacial score (nSPS) is 15.8. The lowest BCUT2D eigenvalue weighted by molar-refractivity contribution is 0.694. The lowest BCUT2D eigenvalue weighted by Gasteiger charge is -2.09. The van der Waals surface area contributed by atoms with Gasteiger partial charge in [-0.2, -0.15) is 0 Å². The van der Waals surface area contributed by atoms with Gasteiger partial charge in [-0.15, -0.1) is 11.3 Å². The van der Waals surface area contributed by atoms with E-state index in [4.69, 9.17) is 5.73 Å². The zero-order valence-electron chi connectivity index (χ0n) is 7.61. The van der Waals surface area contributed by atoms with E-state index in [1.807, 2.05) is 11.3 Å². The van der Waals surface area contributed by atoms with Crippen molar-refractivity contribution in [2.24, 2.45) is 5.73 Å². The van der Waals surface area contributed by atoms with Crippen LogP contribution >= 0.6 is 27.3 Å². The van der Waals surface area contributed by atoms with Gasteiger partial charge in [-0.1, -0.05) is 0 Å². The highest BCUT2D eigenvalue weighted by molar-refractivity contribution is 9.10. The number of nitrogens with two attached hydrogens (primary N) is 1. The molecular weight excluding hydrogens is 246 g/mol. The van der Waals surface area contributed by atoms with E-state index in [-0.39, 0.29) is 0 Å². The third-order valence-corrected chi connectivity index (χ3v) is 5.12. The molecule has 0 bridgehead atoms. The van der Waals surface area contributed by atoms with Crippen molar-refractivity contribution in [3.63, 3.8) is 0 Å². The number of fused-ring (bicyclic) bond motifs is 1. The molecule has 2 N–H and O–H groups in total. The van der Waals surface area contributed by atoms with Crippen LogP contribution in [-0.4, -0.2) is 6.54 Å². The number of hydrogen-bond donors (Lipinski definition) is 1. The minimum Gasteiger partial charge on any atom is -0.330 e. The molecule has 1 nitrogen and oxygen atoms in total. The summed E-state index contributed by atoms with van der Waals surface area (Å²) in [4.78, 5) is 3.05. The summed E-state index contributed by atoms with van der Waals surface area (Å²) in [7, 11) is 0. The molecule has 13 heavy (non-hydrogen) atoms. The van der Waals surface area contributed by atoms with E-state index in [1.54, 1.807) is 10.4 Å². The fourth-order valence-corrected chi connectivity index (χ4v) is 4.19. The molecule has 0 radical (unpaired) electrons. The van der Waals surface area contributed by atoms with E-state index >= 15 is 0 Å². The first-order valence-electron chi connectivity index (χ1n) is 4.82. The SMILES string of the molecule is NCCc1sc2c(c1Br)CCCC2. The van der Waals surface area contributed by atoms with Gasteiger partial charge in [0.25, 0.3) is 0 Å². The zero-order chi connectivity index (χ0) is 9.26. The van der Waals surface area contributed by atoms with E-state index in [0.717, 1.165) is 13.0 Å². The van der Waals surface area contributed by atoms with Crippen LogP contribution in [0.25, 0.3) is 0 Å². The zero-order valence-corrected chi connectivity index (χ0v) is 10.0. The molecule has 0 atom stereocenters. The highest BCUT2D eigenvalue weighted by Gasteiger charge is 2.18. The van der Waals surface area contributed by atoms with Gasteiger partial charge in [0.15, 0.2) is 0 Å². The second-order valence-corrected chi connectivity index (χ2v) is 5.47. The highest BCUT2D eigenvalue weighted by atomic mass is 79.9. The Morgan fingerprint density at radius 1 is 1.31 bits per heavy atom. The lowest BCUT2D eigenvalue weighted by atomic mass is 9.99. The summed E-state index contributed by atoms with van der Waals surface area (Å²) in [6, 6.07) is 0. The van der Waals surface area contributed by atoms with Crippen molar-refractivity contribution in [1.29, 1.82) is 0 Å². The summed E-state index contributed by atoms with van der Waals surface area (Å²) in [6.07, 6.45) is 6.28. The Kier molecular flexibility index (Phi) is 3.06. The van der Waals surface area contributed by atoms with E-state index in [2.05, 4.69) is 15.9 Å². The standard InChI is InChI=1S/C10H14BrNS/c11-10-7-3-1-2-4-8(7)13-9(10)5-6-12/h1-6,12H2. The molecule has 0 fully saturated rings. The molecule has 0 amide bonds. The van der Waals surface area contributed by atoms with Gasteiger partial charge in [-0.3, -0.25) is 0 Å². The summed E-state index contributed by atoms with van der Waals surface area (Å²) < 4.78 is 1.36. The van der Waals surface area contributed by atoms with Gasteiger partial charge in [0.05, 0.1) is 0 Å². The molecule has 1 aliphatic carbocycles. The lowest BCUT2D eigenvalue weighted by Crippen LogP contribution is -2.01. The summed E-state index contributed by atoms with van der Waals surface area (Å²) >= 11 is 5.65. The molecule has 72 valence electrons. The number of aryl methyl sites for hydroxylation is 1. The average Bonchev–Trinajstić information content (AvgIpc) is 2.46. The second kappa shape index (κ2) is 4.11. The molecule has 0 aliphatic heterocycles. The molecule has 0 saturated carbocycles. The molecular formula is C10H14BrNS. The molecule has 2 rings (SSSR count). The number of halogens is 1. The first-order valence-corrected chi connectivity index (χ1v) is 6.43. The third kappa shape index (κ3) is 1.83. The predicted molar refractivity (Wildman–Crippen MR) is 61.4 cm³/mol. The van der Waals surface area contributed by atoms with Crippen molar-refractivity contribution < 1.29 is 0 Å². The first-order chi connectivity index (χ1) is 6.33. The first kappa shape index (κ1) is 9.69. The third-order valence-electron chi connectivity index (χ3n) is 2.54. The Labute approximate surface area is 91.5 Å². The fraction of sp³-hybridized carbons (Fsp3) is 0.600. The van der Waals surface area contributed by atoms with Crippen LogP contribution in [0.1, 0.15) is 28.2 Å². The van der Waals surface area contributed by atoms with Gasteiger partial charge in [0.1, 0.15) is 0 Å². The van der Waals surface area contributed by atoms with Gasteiger partial charge >= 0.3 is 0 Å². The summed E-state index contributed by atoms with van der Waals surface area (Å²) in [5, 5.41) is 0. The maximum absolute atomic E-state index is 5.57. The van der Waals surface area contributed by atoms with Crippen LogP contribution in [0.3, 0.4) is 0 Å². The summed E-state index contributed by atoms with van der Waals surface area (Å²) in [6.45, 7) is 0.762. The Bertz CT molecular complexity index is 306. The number of hydrogen-bond acceptors (Lipinski definition) is 2.